The van der Waals surface area contributed by atoms with E-state index >= 15 is 0 Å². The average molecular weight is 326 g/mol. The first kappa shape index (κ1) is 15.0. The molecule has 1 aromatic carbocycles. The minimum atomic E-state index is -4.50. The zero-order valence-corrected chi connectivity index (χ0v) is 11.0. The molecule has 100 valence electrons. The lowest BCUT2D eigenvalue weighted by Gasteiger charge is -2.13. The molecule has 1 atom stereocenters. The predicted octanol–water partition coefficient (Wildman–Crippen LogP) is 2.58. The Kier molecular flexibility index (Phi) is 4.75. The highest BCUT2D eigenvalue weighted by Crippen LogP contribution is 2.31. The maximum Gasteiger partial charge on any atom is 0.416 e. The number of hydrogen-bond acceptors (Lipinski definition) is 2. The summed E-state index contributed by atoms with van der Waals surface area (Å²) in [5.41, 5.74) is -1.02. The Labute approximate surface area is 110 Å². The molecular weight excluding hydrogens is 315 g/mol. The van der Waals surface area contributed by atoms with Crippen LogP contribution in [-0.4, -0.2) is 23.7 Å². The van der Waals surface area contributed by atoms with Gasteiger partial charge in [0.05, 0.1) is 17.7 Å². The van der Waals surface area contributed by atoms with Gasteiger partial charge in [-0.25, -0.2) is 0 Å². The van der Waals surface area contributed by atoms with E-state index in [1.807, 2.05) is 0 Å². The summed E-state index contributed by atoms with van der Waals surface area (Å²) in [6, 6.07) is 2.29. The van der Waals surface area contributed by atoms with Crippen LogP contribution in [0.4, 0.5) is 13.2 Å². The molecular formula is C11H11BrF3NO2. The number of rotatable bonds is 3. The molecule has 18 heavy (non-hydrogen) atoms. The van der Waals surface area contributed by atoms with Gasteiger partial charge >= 0.3 is 6.18 Å². The first-order chi connectivity index (χ1) is 8.25. The van der Waals surface area contributed by atoms with E-state index < -0.39 is 23.7 Å². The Balaban J connectivity index is 3.04. The van der Waals surface area contributed by atoms with E-state index in [2.05, 4.69) is 21.2 Å². The van der Waals surface area contributed by atoms with Crippen LogP contribution in [0.15, 0.2) is 22.7 Å². The summed E-state index contributed by atoms with van der Waals surface area (Å²) in [6.45, 7) is 1.25. The van der Waals surface area contributed by atoms with Crippen molar-refractivity contribution in [2.45, 2.75) is 19.1 Å². The molecule has 0 heterocycles. The lowest BCUT2D eigenvalue weighted by molar-refractivity contribution is -0.137. The minimum Gasteiger partial charge on any atom is -0.394 e. The van der Waals surface area contributed by atoms with Gasteiger partial charge in [-0.05, 0) is 41.1 Å². The molecule has 3 nitrogen and oxygen atoms in total. The average Bonchev–Trinajstić information content (AvgIpc) is 2.27. The van der Waals surface area contributed by atoms with Gasteiger partial charge in [0, 0.05) is 10.5 Å². The molecule has 0 bridgehead atoms. The minimum absolute atomic E-state index is 0.120. The molecule has 1 rings (SSSR count). The summed E-state index contributed by atoms with van der Waals surface area (Å²) in [6.07, 6.45) is -4.50. The first-order valence-corrected chi connectivity index (χ1v) is 5.83. The molecule has 1 aromatic rings. The van der Waals surface area contributed by atoms with Crippen molar-refractivity contribution in [3.8, 4) is 0 Å². The van der Waals surface area contributed by atoms with Crippen LogP contribution in [-0.2, 0) is 6.18 Å². The van der Waals surface area contributed by atoms with Crippen LogP contribution >= 0.6 is 15.9 Å². The number of amides is 1. The van der Waals surface area contributed by atoms with Crippen LogP contribution in [0.3, 0.4) is 0 Å². The van der Waals surface area contributed by atoms with Gasteiger partial charge in [0.2, 0.25) is 0 Å². The molecule has 0 spiro atoms. The highest BCUT2D eigenvalue weighted by atomic mass is 79.9. The number of hydrogen-bond donors (Lipinski definition) is 2. The maximum absolute atomic E-state index is 12.5. The first-order valence-electron chi connectivity index (χ1n) is 5.04. The van der Waals surface area contributed by atoms with Crippen LogP contribution in [0.2, 0.25) is 0 Å². The van der Waals surface area contributed by atoms with Crippen LogP contribution in [0.1, 0.15) is 22.8 Å². The van der Waals surface area contributed by atoms with Crippen molar-refractivity contribution in [3.63, 3.8) is 0 Å². The molecule has 0 saturated heterocycles. The lowest BCUT2D eigenvalue weighted by Crippen LogP contribution is -2.35. The zero-order chi connectivity index (χ0) is 13.9. The number of carbonyl (C=O) groups is 1. The molecule has 0 aliphatic rings. The molecule has 1 amide bonds. The van der Waals surface area contributed by atoms with Gasteiger partial charge in [-0.2, -0.15) is 13.2 Å². The lowest BCUT2D eigenvalue weighted by atomic mass is 10.1. The van der Waals surface area contributed by atoms with Gasteiger partial charge in [-0.15, -0.1) is 0 Å². The Morgan fingerprint density at radius 1 is 1.50 bits per heavy atom. The fourth-order valence-electron chi connectivity index (χ4n) is 1.22. The van der Waals surface area contributed by atoms with Crippen molar-refractivity contribution < 1.29 is 23.1 Å². The van der Waals surface area contributed by atoms with Crippen molar-refractivity contribution >= 4 is 21.8 Å². The summed E-state index contributed by atoms with van der Waals surface area (Å²) in [5, 5.41) is 11.2. The molecule has 7 heteroatoms. The number of aliphatic hydroxyl groups excluding tert-OH is 1. The monoisotopic (exact) mass is 325 g/mol. The van der Waals surface area contributed by atoms with Gasteiger partial charge in [0.1, 0.15) is 0 Å². The molecule has 0 aliphatic heterocycles. The normalized spacial score (nSPS) is 13.2. The van der Waals surface area contributed by atoms with Crippen molar-refractivity contribution in [2.24, 2.45) is 0 Å². The van der Waals surface area contributed by atoms with E-state index in [0.29, 0.717) is 0 Å². The number of carbonyl (C=O) groups excluding carboxylic acids is 1. The quantitative estimate of drug-likeness (QED) is 0.897. The molecule has 0 radical (unpaired) electrons. The highest BCUT2D eigenvalue weighted by molar-refractivity contribution is 9.10. The van der Waals surface area contributed by atoms with Crippen LogP contribution in [0, 0.1) is 0 Å². The fraction of sp³-hybridized carbons (Fsp3) is 0.364. The Hall–Kier alpha value is -1.08. The molecule has 0 saturated carbocycles. The summed E-state index contributed by atoms with van der Waals surface area (Å²) in [7, 11) is 0. The maximum atomic E-state index is 12.5. The number of nitrogens with one attached hydrogen (secondary N) is 1. The topological polar surface area (TPSA) is 49.3 Å². The Morgan fingerprint density at radius 3 is 2.61 bits per heavy atom. The van der Waals surface area contributed by atoms with Gasteiger partial charge in [0.25, 0.3) is 5.91 Å². The van der Waals surface area contributed by atoms with Crippen LogP contribution in [0.5, 0.6) is 0 Å². The van der Waals surface area contributed by atoms with Gasteiger partial charge in [-0.3, -0.25) is 4.79 Å². The summed E-state index contributed by atoms with van der Waals surface area (Å²) in [5.74, 6) is -0.672. The molecule has 2 N–H and O–H groups in total. The van der Waals surface area contributed by atoms with Crippen molar-refractivity contribution in [1.29, 1.82) is 0 Å². The Morgan fingerprint density at radius 2 is 2.11 bits per heavy atom. The number of alkyl halides is 3. The zero-order valence-electron chi connectivity index (χ0n) is 9.38. The number of aliphatic hydroxyl groups is 1. The smallest absolute Gasteiger partial charge is 0.394 e. The van der Waals surface area contributed by atoms with Gasteiger partial charge < -0.3 is 10.4 Å². The second-order valence-electron chi connectivity index (χ2n) is 3.75. The van der Waals surface area contributed by atoms with Crippen LogP contribution < -0.4 is 5.32 Å². The summed E-state index contributed by atoms with van der Waals surface area (Å²) in [4.78, 5) is 11.7. The molecule has 1 unspecified atom stereocenters. The third-order valence-electron chi connectivity index (χ3n) is 2.19. The van der Waals surface area contributed by atoms with E-state index in [1.165, 1.54) is 6.07 Å². The van der Waals surface area contributed by atoms with Crippen molar-refractivity contribution in [3.05, 3.63) is 33.8 Å². The van der Waals surface area contributed by atoms with E-state index in [0.717, 1.165) is 12.1 Å². The Bertz CT molecular complexity index is 448. The number of halogens is 4. The highest BCUT2D eigenvalue weighted by Gasteiger charge is 2.31. The second kappa shape index (κ2) is 5.71. The van der Waals surface area contributed by atoms with E-state index in [4.69, 9.17) is 5.11 Å². The largest absolute Gasteiger partial charge is 0.416 e. The van der Waals surface area contributed by atoms with Crippen molar-refractivity contribution in [1.82, 2.24) is 5.32 Å². The SMILES string of the molecule is CC(CO)NC(=O)c1cc(C(F)(F)F)ccc1Br. The van der Waals surface area contributed by atoms with Gasteiger partial charge in [0.15, 0.2) is 0 Å². The summed E-state index contributed by atoms with van der Waals surface area (Å²) < 4.78 is 37.8. The van der Waals surface area contributed by atoms with E-state index in [9.17, 15) is 18.0 Å². The molecule has 0 fully saturated rings. The standard InChI is InChI=1S/C11H11BrF3NO2/c1-6(5-17)16-10(18)8-4-7(11(13,14)15)2-3-9(8)12/h2-4,6,17H,5H2,1H3,(H,16,18). The van der Waals surface area contributed by atoms with Crippen molar-refractivity contribution in [2.75, 3.05) is 6.61 Å². The van der Waals surface area contributed by atoms with E-state index in [-0.39, 0.29) is 16.6 Å². The third-order valence-corrected chi connectivity index (χ3v) is 2.88. The number of benzene rings is 1. The summed E-state index contributed by atoms with van der Waals surface area (Å²) >= 11 is 3.02. The predicted molar refractivity (Wildman–Crippen MR) is 63.2 cm³/mol. The van der Waals surface area contributed by atoms with Gasteiger partial charge in [-0.1, -0.05) is 0 Å². The molecule has 0 aliphatic carbocycles. The third kappa shape index (κ3) is 3.71. The molecule has 0 aromatic heterocycles. The fourth-order valence-corrected chi connectivity index (χ4v) is 1.65. The second-order valence-corrected chi connectivity index (χ2v) is 4.60. The van der Waals surface area contributed by atoms with Crippen LogP contribution in [0.25, 0.3) is 0 Å². The van der Waals surface area contributed by atoms with E-state index in [1.54, 1.807) is 6.92 Å².